The number of nitrogens with one attached hydrogen (secondary N) is 1. The van der Waals surface area contributed by atoms with E-state index in [1.165, 1.54) is 0 Å². The van der Waals surface area contributed by atoms with Crippen molar-refractivity contribution in [3.05, 3.63) is 0 Å². The third-order valence-electron chi connectivity index (χ3n) is 3.97. The molecule has 1 N–H and O–H groups in total. The van der Waals surface area contributed by atoms with Crippen molar-refractivity contribution in [3.8, 4) is 0 Å². The molecular weight excluding hydrogens is 246 g/mol. The predicted molar refractivity (Wildman–Crippen MR) is 77.6 cm³/mol. The van der Waals surface area contributed by atoms with E-state index in [0.717, 1.165) is 57.9 Å². The van der Waals surface area contributed by atoms with Crippen LogP contribution in [-0.2, 0) is 9.84 Å². The van der Waals surface area contributed by atoms with Gasteiger partial charge in [-0.15, -0.1) is 0 Å². The maximum atomic E-state index is 12.1. The summed E-state index contributed by atoms with van der Waals surface area (Å²) in [6, 6.07) is 0.490. The van der Waals surface area contributed by atoms with E-state index in [1.807, 2.05) is 0 Å². The van der Waals surface area contributed by atoms with Crippen LogP contribution in [0.25, 0.3) is 0 Å². The van der Waals surface area contributed by atoms with Gasteiger partial charge in [0.1, 0.15) is 0 Å². The molecule has 0 aromatic heterocycles. The second-order valence-corrected chi connectivity index (χ2v) is 7.88. The molecule has 0 radical (unpaired) electrons. The van der Waals surface area contributed by atoms with Crippen LogP contribution in [0.1, 0.15) is 65.2 Å². The predicted octanol–water partition coefficient (Wildman–Crippen LogP) is 2.90. The Morgan fingerprint density at radius 1 is 1.22 bits per heavy atom. The van der Waals surface area contributed by atoms with Crippen LogP contribution in [0.2, 0.25) is 0 Å². The smallest absolute Gasteiger partial charge is 0.153 e. The molecule has 3 nitrogen and oxygen atoms in total. The fourth-order valence-corrected chi connectivity index (χ4v) is 4.70. The average Bonchev–Trinajstić information content (AvgIpc) is 2.88. The normalized spacial score (nSPS) is 19.2. The monoisotopic (exact) mass is 275 g/mol. The van der Waals surface area contributed by atoms with Crippen LogP contribution in [0.15, 0.2) is 0 Å². The Balaban J connectivity index is 2.26. The second kappa shape index (κ2) is 8.16. The van der Waals surface area contributed by atoms with Gasteiger partial charge in [0.2, 0.25) is 0 Å². The van der Waals surface area contributed by atoms with E-state index in [1.54, 1.807) is 0 Å². The summed E-state index contributed by atoms with van der Waals surface area (Å²) in [6.07, 6.45) is 8.01. The van der Waals surface area contributed by atoms with Gasteiger partial charge in [-0.25, -0.2) is 8.42 Å². The molecule has 0 aromatic carbocycles. The second-order valence-electron chi connectivity index (χ2n) is 5.47. The zero-order chi connectivity index (χ0) is 13.4. The molecule has 0 aromatic rings. The summed E-state index contributed by atoms with van der Waals surface area (Å²) in [5.74, 6) is 0.391. The van der Waals surface area contributed by atoms with Crippen molar-refractivity contribution in [2.24, 2.45) is 0 Å². The maximum Gasteiger partial charge on any atom is 0.153 e. The fourth-order valence-electron chi connectivity index (χ4n) is 2.74. The van der Waals surface area contributed by atoms with Crippen molar-refractivity contribution in [3.63, 3.8) is 0 Å². The molecule has 0 aliphatic heterocycles. The molecule has 1 aliphatic rings. The number of rotatable bonds is 9. The van der Waals surface area contributed by atoms with Crippen LogP contribution < -0.4 is 5.32 Å². The minimum absolute atomic E-state index is 0.0267. The highest BCUT2D eigenvalue weighted by Gasteiger charge is 2.28. The molecular formula is C14H29NO2S. The molecule has 0 heterocycles. The number of sulfone groups is 1. The van der Waals surface area contributed by atoms with Crippen LogP contribution in [0, 0.1) is 0 Å². The highest BCUT2D eigenvalue weighted by Crippen LogP contribution is 2.25. The zero-order valence-corrected chi connectivity index (χ0v) is 12.8. The Morgan fingerprint density at radius 2 is 1.89 bits per heavy atom. The average molecular weight is 275 g/mol. The number of hydrogen-bond acceptors (Lipinski definition) is 3. The third kappa shape index (κ3) is 5.27. The lowest BCUT2D eigenvalue weighted by Gasteiger charge is -2.17. The lowest BCUT2D eigenvalue weighted by atomic mass is 10.1. The molecule has 1 fully saturated rings. The highest BCUT2D eigenvalue weighted by molar-refractivity contribution is 7.92. The maximum absolute atomic E-state index is 12.1. The summed E-state index contributed by atoms with van der Waals surface area (Å²) in [5, 5.41) is 3.45. The van der Waals surface area contributed by atoms with Gasteiger partial charge >= 0.3 is 0 Å². The first-order chi connectivity index (χ1) is 8.60. The Morgan fingerprint density at radius 3 is 2.44 bits per heavy atom. The van der Waals surface area contributed by atoms with E-state index in [-0.39, 0.29) is 5.25 Å². The van der Waals surface area contributed by atoms with Crippen LogP contribution in [-0.4, -0.2) is 32.0 Å². The first-order valence-electron chi connectivity index (χ1n) is 7.55. The molecule has 1 atom stereocenters. The molecule has 1 unspecified atom stereocenters. The fraction of sp³-hybridized carbons (Fsp3) is 1.00. The topological polar surface area (TPSA) is 46.2 Å². The van der Waals surface area contributed by atoms with E-state index < -0.39 is 9.84 Å². The Hall–Kier alpha value is -0.0900. The van der Waals surface area contributed by atoms with Gasteiger partial charge in [-0.3, -0.25) is 0 Å². The standard InChI is InChI=1S/C14H29NO2S/c1-3-11-15-13(4-2)8-7-12-18(16,17)14-9-5-6-10-14/h13-15H,3-12H2,1-2H3. The highest BCUT2D eigenvalue weighted by atomic mass is 32.2. The SMILES string of the molecule is CCCNC(CC)CCCS(=O)(=O)C1CCCC1. The van der Waals surface area contributed by atoms with Crippen LogP contribution in [0.4, 0.5) is 0 Å². The van der Waals surface area contributed by atoms with Gasteiger partial charge in [0.05, 0.1) is 11.0 Å². The lowest BCUT2D eigenvalue weighted by molar-refractivity contribution is 0.462. The number of hydrogen-bond donors (Lipinski definition) is 1. The first-order valence-corrected chi connectivity index (χ1v) is 9.26. The third-order valence-corrected chi connectivity index (χ3v) is 6.31. The molecule has 0 spiro atoms. The van der Waals surface area contributed by atoms with E-state index in [9.17, 15) is 8.42 Å². The summed E-state index contributed by atoms with van der Waals surface area (Å²) >= 11 is 0. The molecule has 18 heavy (non-hydrogen) atoms. The molecule has 4 heteroatoms. The molecule has 1 aliphatic carbocycles. The molecule has 0 saturated heterocycles. The van der Waals surface area contributed by atoms with E-state index in [2.05, 4.69) is 19.2 Å². The van der Waals surface area contributed by atoms with E-state index in [4.69, 9.17) is 0 Å². The van der Waals surface area contributed by atoms with Crippen molar-refractivity contribution in [1.29, 1.82) is 0 Å². The molecule has 0 amide bonds. The van der Waals surface area contributed by atoms with Gasteiger partial charge < -0.3 is 5.32 Å². The van der Waals surface area contributed by atoms with E-state index in [0.29, 0.717) is 11.8 Å². The minimum atomic E-state index is -2.81. The van der Waals surface area contributed by atoms with Gasteiger partial charge in [0, 0.05) is 6.04 Å². The van der Waals surface area contributed by atoms with Gasteiger partial charge in [0.15, 0.2) is 9.84 Å². The van der Waals surface area contributed by atoms with Crippen molar-refractivity contribution in [1.82, 2.24) is 5.32 Å². The molecule has 108 valence electrons. The summed E-state index contributed by atoms with van der Waals surface area (Å²) < 4.78 is 24.2. The lowest BCUT2D eigenvalue weighted by Crippen LogP contribution is -2.30. The van der Waals surface area contributed by atoms with Gasteiger partial charge in [-0.1, -0.05) is 26.7 Å². The summed E-state index contributed by atoms with van der Waals surface area (Å²) in [7, 11) is -2.81. The van der Waals surface area contributed by atoms with E-state index >= 15 is 0 Å². The zero-order valence-electron chi connectivity index (χ0n) is 12.0. The van der Waals surface area contributed by atoms with Crippen molar-refractivity contribution >= 4 is 9.84 Å². The summed E-state index contributed by atoms with van der Waals surface area (Å²) in [4.78, 5) is 0. The Labute approximate surface area is 113 Å². The van der Waals surface area contributed by atoms with Crippen molar-refractivity contribution in [2.75, 3.05) is 12.3 Å². The van der Waals surface area contributed by atoms with Crippen LogP contribution >= 0.6 is 0 Å². The molecule has 0 bridgehead atoms. The van der Waals surface area contributed by atoms with Crippen LogP contribution in [0.5, 0.6) is 0 Å². The molecule has 1 saturated carbocycles. The van der Waals surface area contributed by atoms with Crippen molar-refractivity contribution < 1.29 is 8.42 Å². The van der Waals surface area contributed by atoms with Crippen molar-refractivity contribution in [2.45, 2.75) is 76.5 Å². The quantitative estimate of drug-likeness (QED) is 0.704. The Kier molecular flexibility index (Phi) is 7.23. The van der Waals surface area contributed by atoms with Gasteiger partial charge in [-0.2, -0.15) is 0 Å². The van der Waals surface area contributed by atoms with Crippen LogP contribution in [0.3, 0.4) is 0 Å². The van der Waals surface area contributed by atoms with Gasteiger partial charge in [-0.05, 0) is 45.1 Å². The Bertz CT molecular complexity index is 308. The largest absolute Gasteiger partial charge is 0.314 e. The molecule has 1 rings (SSSR count). The summed E-state index contributed by atoms with van der Waals surface area (Å²) in [5.41, 5.74) is 0. The summed E-state index contributed by atoms with van der Waals surface area (Å²) in [6.45, 7) is 5.36. The minimum Gasteiger partial charge on any atom is -0.314 e. The van der Waals surface area contributed by atoms with Gasteiger partial charge in [0.25, 0.3) is 0 Å². The first kappa shape index (κ1) is 16.0.